The molecule has 0 atom stereocenters. The zero-order valence-corrected chi connectivity index (χ0v) is 18.1. The van der Waals surface area contributed by atoms with Crippen LogP contribution in [0.2, 0.25) is 0 Å². The number of thiophene rings is 1. The Labute approximate surface area is 182 Å². The molecule has 7 nitrogen and oxygen atoms in total. The maximum absolute atomic E-state index is 12.7. The Balaban J connectivity index is 1.44. The van der Waals surface area contributed by atoms with Crippen molar-refractivity contribution >= 4 is 32.7 Å². The Morgan fingerprint density at radius 1 is 1.10 bits per heavy atom. The van der Waals surface area contributed by atoms with E-state index in [1.807, 2.05) is 12.3 Å². The fraction of sp³-hybridized carbons (Fsp3) is 0.167. The molecule has 162 valence electrons. The molecule has 1 N–H and O–H groups in total. The van der Waals surface area contributed by atoms with Gasteiger partial charge in [-0.3, -0.25) is 0 Å². The van der Waals surface area contributed by atoms with Gasteiger partial charge in [0.15, 0.2) is 0 Å². The molecule has 4 aromatic rings. The zero-order chi connectivity index (χ0) is 22.2. The standard InChI is InChI=1S/C18H13F3N4O3S3/c1-10-23-13(9-29-10)14-6-7-16(30-14)31(26,27)22-8-15-24-17(25-28-15)11-2-4-12(5-3-11)18(19,20)21/h2-7,9,22H,8H2,1H3. The average molecular weight is 487 g/mol. The highest BCUT2D eigenvalue weighted by Crippen LogP contribution is 2.32. The molecule has 3 heterocycles. The maximum Gasteiger partial charge on any atom is 0.416 e. The van der Waals surface area contributed by atoms with Gasteiger partial charge in [0, 0.05) is 10.9 Å². The first-order valence-electron chi connectivity index (χ1n) is 8.64. The number of rotatable bonds is 6. The van der Waals surface area contributed by atoms with Gasteiger partial charge in [-0.05, 0) is 31.2 Å². The number of halogens is 3. The van der Waals surface area contributed by atoms with Crippen LogP contribution < -0.4 is 4.72 Å². The molecule has 0 radical (unpaired) electrons. The number of thiazole rings is 1. The molecule has 0 amide bonds. The highest BCUT2D eigenvalue weighted by molar-refractivity contribution is 7.91. The average Bonchev–Trinajstić information content (AvgIpc) is 3.46. The molecule has 0 unspecified atom stereocenters. The minimum absolute atomic E-state index is 0.0228. The van der Waals surface area contributed by atoms with E-state index in [1.54, 1.807) is 6.07 Å². The predicted octanol–water partition coefficient (Wildman–Crippen LogP) is 4.73. The number of nitrogens with zero attached hydrogens (tertiary/aromatic N) is 3. The van der Waals surface area contributed by atoms with E-state index < -0.39 is 21.8 Å². The molecule has 0 fully saturated rings. The lowest BCUT2D eigenvalue weighted by Crippen LogP contribution is -2.22. The summed E-state index contributed by atoms with van der Waals surface area (Å²) in [7, 11) is -3.82. The van der Waals surface area contributed by atoms with E-state index in [4.69, 9.17) is 4.52 Å². The van der Waals surface area contributed by atoms with Crippen LogP contribution in [0.15, 0.2) is 50.5 Å². The van der Waals surface area contributed by atoms with E-state index in [-0.39, 0.29) is 22.5 Å². The van der Waals surface area contributed by atoms with Crippen LogP contribution >= 0.6 is 22.7 Å². The number of hydrogen-bond acceptors (Lipinski definition) is 8. The van der Waals surface area contributed by atoms with Gasteiger partial charge in [-0.25, -0.2) is 18.1 Å². The van der Waals surface area contributed by atoms with Gasteiger partial charge < -0.3 is 4.52 Å². The third-order valence-electron chi connectivity index (χ3n) is 4.07. The monoisotopic (exact) mass is 486 g/mol. The Hall–Kier alpha value is -2.61. The Morgan fingerprint density at radius 2 is 1.84 bits per heavy atom. The number of hydrogen-bond donors (Lipinski definition) is 1. The van der Waals surface area contributed by atoms with Gasteiger partial charge in [0.25, 0.3) is 10.0 Å². The summed E-state index contributed by atoms with van der Waals surface area (Å²) >= 11 is 2.55. The predicted molar refractivity (Wildman–Crippen MR) is 109 cm³/mol. The summed E-state index contributed by atoms with van der Waals surface area (Å²) in [6.07, 6.45) is -4.45. The van der Waals surface area contributed by atoms with Crippen molar-refractivity contribution in [2.75, 3.05) is 0 Å². The van der Waals surface area contributed by atoms with Crippen molar-refractivity contribution in [1.82, 2.24) is 19.8 Å². The molecule has 1 aromatic carbocycles. The van der Waals surface area contributed by atoms with Gasteiger partial charge >= 0.3 is 6.18 Å². The second-order valence-electron chi connectivity index (χ2n) is 6.28. The van der Waals surface area contributed by atoms with Gasteiger partial charge in [0.05, 0.1) is 27.7 Å². The summed E-state index contributed by atoms with van der Waals surface area (Å²) in [5.74, 6) is 0.0330. The Bertz CT molecular complexity index is 1310. The molecular formula is C18H13F3N4O3S3. The van der Waals surface area contributed by atoms with Crippen LogP contribution in [0.1, 0.15) is 16.5 Å². The van der Waals surface area contributed by atoms with E-state index in [2.05, 4.69) is 19.8 Å². The second kappa shape index (κ2) is 8.15. The first-order valence-corrected chi connectivity index (χ1v) is 11.8. The summed E-state index contributed by atoms with van der Waals surface area (Å²) in [6.45, 7) is 1.60. The molecule has 4 rings (SSSR count). The van der Waals surface area contributed by atoms with Crippen molar-refractivity contribution in [3.05, 3.63) is 58.2 Å². The first kappa shape index (κ1) is 21.6. The van der Waals surface area contributed by atoms with Gasteiger partial charge in [0.1, 0.15) is 4.21 Å². The third-order valence-corrected chi connectivity index (χ3v) is 7.84. The lowest BCUT2D eigenvalue weighted by atomic mass is 10.1. The molecule has 13 heteroatoms. The highest BCUT2D eigenvalue weighted by Gasteiger charge is 2.30. The van der Waals surface area contributed by atoms with E-state index >= 15 is 0 Å². The van der Waals surface area contributed by atoms with Crippen molar-refractivity contribution in [2.45, 2.75) is 23.9 Å². The first-order chi connectivity index (χ1) is 14.6. The molecule has 0 saturated heterocycles. The topological polar surface area (TPSA) is 98.0 Å². The quantitative estimate of drug-likeness (QED) is 0.423. The summed E-state index contributed by atoms with van der Waals surface area (Å²) in [6, 6.07) is 7.42. The van der Waals surface area contributed by atoms with E-state index in [1.165, 1.54) is 29.5 Å². The SMILES string of the molecule is Cc1nc(-c2ccc(S(=O)(=O)NCc3nc(-c4ccc(C(F)(F)F)cc4)no3)s2)cs1. The van der Waals surface area contributed by atoms with Crippen LogP contribution in [0, 0.1) is 6.92 Å². The van der Waals surface area contributed by atoms with Crippen LogP contribution in [0.5, 0.6) is 0 Å². The van der Waals surface area contributed by atoms with Crippen molar-refractivity contribution in [1.29, 1.82) is 0 Å². The molecule has 0 aliphatic carbocycles. The summed E-state index contributed by atoms with van der Waals surface area (Å²) in [5.41, 5.74) is 0.232. The summed E-state index contributed by atoms with van der Waals surface area (Å²) in [4.78, 5) is 9.10. The minimum Gasteiger partial charge on any atom is -0.338 e. The van der Waals surface area contributed by atoms with E-state index in [9.17, 15) is 21.6 Å². The van der Waals surface area contributed by atoms with Gasteiger partial charge in [0.2, 0.25) is 11.7 Å². The Kier molecular flexibility index (Phi) is 5.68. The molecule has 0 aliphatic heterocycles. The number of nitrogens with one attached hydrogen (secondary N) is 1. The number of aryl methyl sites for hydroxylation is 1. The van der Waals surface area contributed by atoms with Gasteiger partial charge in [-0.1, -0.05) is 17.3 Å². The lowest BCUT2D eigenvalue weighted by molar-refractivity contribution is -0.137. The molecule has 0 saturated carbocycles. The van der Waals surface area contributed by atoms with Gasteiger partial charge in [-0.2, -0.15) is 18.2 Å². The minimum atomic E-state index is -4.45. The van der Waals surface area contributed by atoms with Crippen molar-refractivity contribution in [3.8, 4) is 22.0 Å². The van der Waals surface area contributed by atoms with Crippen LogP contribution in [0.25, 0.3) is 22.0 Å². The fourth-order valence-electron chi connectivity index (χ4n) is 2.56. The van der Waals surface area contributed by atoms with Crippen LogP contribution in [0.3, 0.4) is 0 Å². The molecule has 0 aliphatic rings. The molecule has 0 bridgehead atoms. The zero-order valence-electron chi connectivity index (χ0n) is 15.7. The third kappa shape index (κ3) is 4.84. The lowest BCUT2D eigenvalue weighted by Gasteiger charge is -2.05. The van der Waals surface area contributed by atoms with Gasteiger partial charge in [-0.15, -0.1) is 22.7 Å². The summed E-state index contributed by atoms with van der Waals surface area (Å²) < 4.78 is 70.6. The van der Waals surface area contributed by atoms with Crippen molar-refractivity contribution < 1.29 is 26.1 Å². The van der Waals surface area contributed by atoms with Crippen molar-refractivity contribution in [2.24, 2.45) is 0 Å². The largest absolute Gasteiger partial charge is 0.416 e. The van der Waals surface area contributed by atoms with E-state index in [0.717, 1.165) is 33.4 Å². The van der Waals surface area contributed by atoms with Crippen LogP contribution in [0.4, 0.5) is 13.2 Å². The number of alkyl halides is 3. The maximum atomic E-state index is 12.7. The van der Waals surface area contributed by atoms with E-state index in [0.29, 0.717) is 11.3 Å². The number of aromatic nitrogens is 3. The second-order valence-corrected chi connectivity index (χ2v) is 10.4. The normalized spacial score (nSPS) is 12.4. The molecular weight excluding hydrogens is 473 g/mol. The molecule has 0 spiro atoms. The van der Waals surface area contributed by atoms with Crippen LogP contribution in [-0.2, 0) is 22.7 Å². The fourth-order valence-corrected chi connectivity index (χ4v) is 5.53. The number of benzene rings is 1. The highest BCUT2D eigenvalue weighted by atomic mass is 32.2. The Morgan fingerprint density at radius 3 is 2.48 bits per heavy atom. The molecule has 31 heavy (non-hydrogen) atoms. The smallest absolute Gasteiger partial charge is 0.338 e. The summed E-state index contributed by atoms with van der Waals surface area (Å²) in [5, 5.41) is 6.43. The molecule has 3 aromatic heterocycles. The van der Waals surface area contributed by atoms with Crippen molar-refractivity contribution in [3.63, 3.8) is 0 Å². The number of sulfonamides is 1. The van der Waals surface area contributed by atoms with Crippen LogP contribution in [-0.4, -0.2) is 23.5 Å².